The van der Waals surface area contributed by atoms with Crippen molar-refractivity contribution in [1.82, 2.24) is 9.97 Å². The van der Waals surface area contributed by atoms with E-state index in [9.17, 15) is 19.8 Å². The molecule has 1 heterocycles. The first kappa shape index (κ1) is 18.8. The van der Waals surface area contributed by atoms with Gasteiger partial charge in [0.25, 0.3) is 0 Å². The summed E-state index contributed by atoms with van der Waals surface area (Å²) < 4.78 is 0. The third kappa shape index (κ3) is 9.68. The number of imidazole rings is 1. The zero-order valence-corrected chi connectivity index (χ0v) is 13.0. The number of nitrogens with zero attached hydrogens (tertiary/aromatic N) is 1. The summed E-state index contributed by atoms with van der Waals surface area (Å²) in [6.07, 6.45) is 5.33. The van der Waals surface area contributed by atoms with E-state index in [1.54, 1.807) is 6.20 Å². The first-order chi connectivity index (χ1) is 7.73. The maximum Gasteiger partial charge on any atom is 2.00 e. The summed E-state index contributed by atoms with van der Waals surface area (Å²) in [5.74, 6) is -2.67. The number of carboxylic acid groups (broad SMARTS) is 2. The molecule has 0 aromatic carbocycles. The van der Waals surface area contributed by atoms with Gasteiger partial charge >= 0.3 is 19.5 Å². The van der Waals surface area contributed by atoms with E-state index in [1.165, 1.54) is 12.4 Å². The number of nitrogens with one attached hydrogen (secondary N) is 1. The van der Waals surface area contributed by atoms with Crippen LogP contribution in [0.15, 0.2) is 18.6 Å². The Bertz CT molecular complexity index is 395. The van der Waals surface area contributed by atoms with Crippen molar-refractivity contribution < 1.29 is 44.4 Å². The number of aromatic nitrogens is 2. The molecule has 0 radical (unpaired) electrons. The van der Waals surface area contributed by atoms with Crippen LogP contribution in [0, 0.1) is 0 Å². The molecule has 1 aromatic rings. The fourth-order valence-electron chi connectivity index (χ4n) is 0.516. The predicted octanol–water partition coefficient (Wildman–Crippen LogP) is -2.32. The monoisotopic (exact) mass is 304 g/mol. The Morgan fingerprint density at radius 2 is 1.94 bits per heavy atom. The number of hydrogen-bond acceptors (Lipinski definition) is 6. The van der Waals surface area contributed by atoms with Crippen LogP contribution in [0.2, 0.25) is 0 Å². The minimum atomic E-state index is -1.69. The molecule has 0 spiro atoms. The fourth-order valence-corrected chi connectivity index (χ4v) is 0.516. The second-order valence-corrected chi connectivity index (χ2v) is 3.49. The van der Waals surface area contributed by atoms with Crippen LogP contribution in [-0.2, 0) is 29.1 Å². The molecule has 0 aliphatic rings. The summed E-state index contributed by atoms with van der Waals surface area (Å²) in [6, 6.07) is 0. The minimum Gasteiger partial charge on any atom is -0.547 e. The van der Waals surface area contributed by atoms with Gasteiger partial charge in [0.1, 0.15) is 0 Å². The second kappa shape index (κ2) is 8.55. The van der Waals surface area contributed by atoms with Gasteiger partial charge in [-0.25, -0.2) is 4.98 Å². The zero-order chi connectivity index (χ0) is 13.5. The molecule has 0 aliphatic carbocycles. The normalized spacial score (nSPS) is 10.2. The second-order valence-electron chi connectivity index (χ2n) is 3.49. The largest absolute Gasteiger partial charge is 2.00 e. The molecular weight excluding hydrogens is 294 g/mol. The van der Waals surface area contributed by atoms with Crippen molar-refractivity contribution in [3.05, 3.63) is 24.3 Å². The number of carbonyl (C=O) groups is 2. The molecule has 0 amide bonds. The van der Waals surface area contributed by atoms with Gasteiger partial charge in [-0.05, 0) is 26.0 Å². The van der Waals surface area contributed by atoms with Crippen molar-refractivity contribution in [2.24, 2.45) is 0 Å². The summed E-state index contributed by atoms with van der Waals surface area (Å²) in [7, 11) is 0. The van der Waals surface area contributed by atoms with Gasteiger partial charge in [-0.3, -0.25) is 0 Å². The minimum absolute atomic E-state index is 0. The van der Waals surface area contributed by atoms with Crippen molar-refractivity contribution in [1.29, 1.82) is 0 Å². The molecule has 0 saturated heterocycles. The Labute approximate surface area is 116 Å². The Morgan fingerprint density at radius 1 is 1.44 bits per heavy atom. The first-order valence-corrected chi connectivity index (χ1v) is 4.55. The van der Waals surface area contributed by atoms with Crippen LogP contribution >= 0.6 is 0 Å². The van der Waals surface area contributed by atoms with E-state index in [0.29, 0.717) is 5.69 Å². The number of hydrogen-bond donors (Lipinski definition) is 2. The molecule has 0 bridgehead atoms. The van der Waals surface area contributed by atoms with Gasteiger partial charge in [-0.2, -0.15) is 0 Å². The molecule has 94 valence electrons. The molecule has 1 rings (SSSR count). The van der Waals surface area contributed by atoms with Gasteiger partial charge in [0, 0.05) is 6.20 Å². The van der Waals surface area contributed by atoms with Gasteiger partial charge in [0.2, 0.25) is 0 Å². The van der Waals surface area contributed by atoms with E-state index in [0.717, 1.165) is 19.9 Å². The number of H-pyrrole nitrogens is 1. The molecule has 2 N–H and O–H groups in total. The smallest absolute Gasteiger partial charge is 0.547 e. The van der Waals surface area contributed by atoms with Crippen molar-refractivity contribution in [2.45, 2.75) is 19.4 Å². The standard InChI is InChI=1S/C6H6N2O2.C4H8O3.Zn/c9-6(10)2-1-5-3-7-4-8-5;1-4(2,7)3(5)6;/h1-4H,(H,7,8)(H,9,10);7H,1-2H3,(H,5,6);/q;;+2/p-2. The number of aromatic amines is 1. The van der Waals surface area contributed by atoms with E-state index in [-0.39, 0.29) is 19.5 Å². The van der Waals surface area contributed by atoms with Gasteiger partial charge in [-0.15, -0.1) is 0 Å². The van der Waals surface area contributed by atoms with E-state index >= 15 is 0 Å². The third-order valence-electron chi connectivity index (χ3n) is 1.41. The van der Waals surface area contributed by atoms with Crippen molar-refractivity contribution >= 4 is 18.0 Å². The summed E-state index contributed by atoms with van der Waals surface area (Å²) in [6.45, 7) is 2.31. The fraction of sp³-hybridized carbons (Fsp3) is 0.300. The van der Waals surface area contributed by atoms with Crippen LogP contribution in [0.4, 0.5) is 0 Å². The SMILES string of the molecule is CC(C)(O)C(=O)[O-].O=C([O-])C=Cc1c[nH]cn1.[Zn+2]. The molecule has 0 atom stereocenters. The quantitative estimate of drug-likeness (QED) is 0.476. The average molecular weight is 306 g/mol. The summed E-state index contributed by atoms with van der Waals surface area (Å²) in [5, 5.41) is 28.0. The Kier molecular flexibility index (Phi) is 8.94. The zero-order valence-electron chi connectivity index (χ0n) is 10.0. The van der Waals surface area contributed by atoms with E-state index in [1.807, 2.05) is 0 Å². The Hall–Kier alpha value is -1.53. The predicted molar refractivity (Wildman–Crippen MR) is 53.9 cm³/mol. The van der Waals surface area contributed by atoms with Crippen molar-refractivity contribution in [3.8, 4) is 0 Å². The summed E-state index contributed by atoms with van der Waals surface area (Å²) >= 11 is 0. The van der Waals surface area contributed by atoms with E-state index in [4.69, 9.17) is 5.11 Å². The van der Waals surface area contributed by atoms with Gasteiger partial charge < -0.3 is 29.9 Å². The number of carboxylic acids is 2. The molecule has 0 unspecified atom stereocenters. The van der Waals surface area contributed by atoms with Crippen molar-refractivity contribution in [3.63, 3.8) is 0 Å². The van der Waals surface area contributed by atoms with Gasteiger partial charge in [-0.1, -0.05) is 0 Å². The molecule has 1 aromatic heterocycles. The van der Waals surface area contributed by atoms with Crippen LogP contribution in [0.1, 0.15) is 19.5 Å². The molecular formula is C10H12N2O5Zn. The molecule has 0 saturated carbocycles. The number of carbonyl (C=O) groups excluding carboxylic acids is 2. The number of aliphatic carboxylic acids is 2. The van der Waals surface area contributed by atoms with Crippen molar-refractivity contribution in [2.75, 3.05) is 0 Å². The van der Waals surface area contributed by atoms with E-state index in [2.05, 4.69) is 9.97 Å². The molecule has 8 heteroatoms. The van der Waals surface area contributed by atoms with Crippen LogP contribution in [-0.4, -0.2) is 32.6 Å². The number of aliphatic hydroxyl groups is 1. The number of rotatable bonds is 3. The molecule has 7 nitrogen and oxygen atoms in total. The summed E-state index contributed by atoms with van der Waals surface area (Å²) in [5.41, 5.74) is -1.12. The first-order valence-electron chi connectivity index (χ1n) is 4.55. The maximum absolute atomic E-state index is 9.86. The summed E-state index contributed by atoms with van der Waals surface area (Å²) in [4.78, 5) is 26.0. The Balaban J connectivity index is 0. The maximum atomic E-state index is 9.86. The van der Waals surface area contributed by atoms with Crippen LogP contribution in [0.25, 0.3) is 6.08 Å². The van der Waals surface area contributed by atoms with Crippen LogP contribution in [0.3, 0.4) is 0 Å². The third-order valence-corrected chi connectivity index (χ3v) is 1.41. The molecule has 0 fully saturated rings. The van der Waals surface area contributed by atoms with Crippen LogP contribution in [0.5, 0.6) is 0 Å². The molecule has 18 heavy (non-hydrogen) atoms. The van der Waals surface area contributed by atoms with Gasteiger partial charge in [0.15, 0.2) is 0 Å². The molecule has 0 aliphatic heterocycles. The van der Waals surface area contributed by atoms with E-state index < -0.39 is 17.5 Å². The topological polar surface area (TPSA) is 129 Å². The Morgan fingerprint density at radius 3 is 2.22 bits per heavy atom. The average Bonchev–Trinajstić information content (AvgIpc) is 2.66. The van der Waals surface area contributed by atoms with Crippen LogP contribution < -0.4 is 10.2 Å². The van der Waals surface area contributed by atoms with Gasteiger partial charge in [0.05, 0.1) is 29.6 Å².